The summed E-state index contributed by atoms with van der Waals surface area (Å²) < 4.78 is 30.7. The van der Waals surface area contributed by atoms with E-state index in [0.717, 1.165) is 10.8 Å². The van der Waals surface area contributed by atoms with Gasteiger partial charge in [-0.05, 0) is 74.2 Å². The van der Waals surface area contributed by atoms with Gasteiger partial charge in [0.1, 0.15) is 18.2 Å². The minimum atomic E-state index is -0.398. The highest BCUT2D eigenvalue weighted by Crippen LogP contribution is 2.37. The SMILES string of the molecule is COc1cc2ccccc2cc1C(=O)N/N=C\c1cc(Br)c(OCc2cccc(F)c2)c(OC)c1. The second kappa shape index (κ2) is 11.0. The Balaban J connectivity index is 1.48. The zero-order valence-electron chi connectivity index (χ0n) is 19.0. The Morgan fingerprint density at radius 2 is 1.71 bits per heavy atom. The number of rotatable bonds is 8. The lowest BCUT2D eigenvalue weighted by Gasteiger charge is -2.13. The maximum absolute atomic E-state index is 13.4. The van der Waals surface area contributed by atoms with Crippen LogP contribution in [0.15, 0.2) is 82.4 Å². The van der Waals surface area contributed by atoms with Gasteiger partial charge < -0.3 is 14.2 Å². The topological polar surface area (TPSA) is 69.2 Å². The van der Waals surface area contributed by atoms with Crippen LogP contribution in [0.1, 0.15) is 21.5 Å². The molecule has 0 atom stereocenters. The monoisotopic (exact) mass is 536 g/mol. The lowest BCUT2D eigenvalue weighted by Crippen LogP contribution is -2.18. The van der Waals surface area contributed by atoms with E-state index in [1.54, 1.807) is 30.3 Å². The molecule has 0 saturated carbocycles. The molecule has 0 spiro atoms. The first-order valence-corrected chi connectivity index (χ1v) is 11.4. The predicted octanol–water partition coefficient (Wildman–Crippen LogP) is 6.10. The summed E-state index contributed by atoms with van der Waals surface area (Å²) in [4.78, 5) is 12.8. The highest BCUT2D eigenvalue weighted by Gasteiger charge is 2.14. The average Bonchev–Trinajstić information content (AvgIpc) is 2.86. The molecule has 1 amide bonds. The van der Waals surface area contributed by atoms with E-state index in [4.69, 9.17) is 14.2 Å². The van der Waals surface area contributed by atoms with E-state index in [-0.39, 0.29) is 12.4 Å². The van der Waals surface area contributed by atoms with Crippen LogP contribution in [0.4, 0.5) is 4.39 Å². The molecular weight excluding hydrogens is 515 g/mol. The van der Waals surface area contributed by atoms with Crippen LogP contribution >= 0.6 is 15.9 Å². The molecule has 6 nitrogen and oxygen atoms in total. The smallest absolute Gasteiger partial charge is 0.275 e. The van der Waals surface area contributed by atoms with Crippen molar-refractivity contribution in [2.75, 3.05) is 14.2 Å². The minimum Gasteiger partial charge on any atom is -0.496 e. The van der Waals surface area contributed by atoms with Crippen molar-refractivity contribution in [1.82, 2.24) is 5.43 Å². The van der Waals surface area contributed by atoms with Crippen LogP contribution in [0.2, 0.25) is 0 Å². The van der Waals surface area contributed by atoms with Crippen molar-refractivity contribution < 1.29 is 23.4 Å². The van der Waals surface area contributed by atoms with E-state index < -0.39 is 5.91 Å². The zero-order chi connectivity index (χ0) is 24.8. The molecule has 4 rings (SSSR count). The van der Waals surface area contributed by atoms with Gasteiger partial charge in [0.05, 0.1) is 30.5 Å². The fourth-order valence-electron chi connectivity index (χ4n) is 3.53. The number of hydrazone groups is 1. The summed E-state index contributed by atoms with van der Waals surface area (Å²) in [7, 11) is 3.04. The Hall–Kier alpha value is -3.91. The van der Waals surface area contributed by atoms with Crippen LogP contribution < -0.4 is 19.6 Å². The van der Waals surface area contributed by atoms with Gasteiger partial charge in [0.15, 0.2) is 11.5 Å². The fraction of sp³-hybridized carbons (Fsp3) is 0.111. The van der Waals surface area contributed by atoms with E-state index in [0.29, 0.717) is 38.4 Å². The van der Waals surface area contributed by atoms with Gasteiger partial charge in [-0.15, -0.1) is 0 Å². The molecule has 0 radical (unpaired) electrons. The third-order valence-electron chi connectivity index (χ3n) is 5.22. The lowest BCUT2D eigenvalue weighted by atomic mass is 10.1. The number of fused-ring (bicyclic) bond motifs is 1. The van der Waals surface area contributed by atoms with E-state index in [2.05, 4.69) is 26.5 Å². The van der Waals surface area contributed by atoms with Crippen molar-refractivity contribution in [1.29, 1.82) is 0 Å². The van der Waals surface area contributed by atoms with E-state index >= 15 is 0 Å². The van der Waals surface area contributed by atoms with E-state index in [1.807, 2.05) is 30.3 Å². The minimum absolute atomic E-state index is 0.170. The van der Waals surface area contributed by atoms with Gasteiger partial charge in [-0.3, -0.25) is 4.79 Å². The van der Waals surface area contributed by atoms with Crippen molar-refractivity contribution in [2.45, 2.75) is 6.61 Å². The summed E-state index contributed by atoms with van der Waals surface area (Å²) in [6.45, 7) is 0.170. The molecule has 0 aromatic heterocycles. The number of carbonyl (C=O) groups is 1. The molecule has 35 heavy (non-hydrogen) atoms. The van der Waals surface area contributed by atoms with Gasteiger partial charge >= 0.3 is 0 Å². The zero-order valence-corrected chi connectivity index (χ0v) is 20.6. The van der Waals surface area contributed by atoms with Crippen LogP contribution in [-0.2, 0) is 6.61 Å². The third kappa shape index (κ3) is 5.78. The Morgan fingerprint density at radius 1 is 0.971 bits per heavy atom. The molecule has 0 aliphatic heterocycles. The third-order valence-corrected chi connectivity index (χ3v) is 5.81. The van der Waals surface area contributed by atoms with Gasteiger partial charge in [0.25, 0.3) is 5.91 Å². The molecule has 0 aliphatic carbocycles. The second-order valence-electron chi connectivity index (χ2n) is 7.55. The quantitative estimate of drug-likeness (QED) is 0.218. The predicted molar refractivity (Wildman–Crippen MR) is 137 cm³/mol. The number of ether oxygens (including phenoxy) is 3. The number of amides is 1. The van der Waals surface area contributed by atoms with Crippen molar-refractivity contribution in [2.24, 2.45) is 5.10 Å². The molecule has 178 valence electrons. The molecule has 8 heteroatoms. The summed E-state index contributed by atoms with van der Waals surface area (Å²) in [5, 5.41) is 5.98. The standard InChI is InChI=1S/C27H22BrFN2O4/c1-33-24-14-20-8-4-3-7-19(20)13-22(24)27(32)31-30-15-18-11-23(28)26(25(12-18)34-2)35-16-17-6-5-9-21(29)10-17/h3-15H,16H2,1-2H3,(H,31,32)/b30-15-. The number of benzene rings is 4. The average molecular weight is 537 g/mol. The van der Waals surface area contributed by atoms with Crippen LogP contribution in [0.25, 0.3) is 10.8 Å². The number of halogens is 2. The summed E-state index contributed by atoms with van der Waals surface area (Å²) in [6, 6.07) is 21.0. The highest BCUT2D eigenvalue weighted by molar-refractivity contribution is 9.10. The normalized spacial score (nSPS) is 11.0. The Morgan fingerprint density at radius 3 is 2.43 bits per heavy atom. The molecule has 4 aromatic carbocycles. The fourth-order valence-corrected chi connectivity index (χ4v) is 4.10. The number of hydrogen-bond acceptors (Lipinski definition) is 5. The summed E-state index contributed by atoms with van der Waals surface area (Å²) in [6.07, 6.45) is 1.50. The van der Waals surface area contributed by atoms with Gasteiger partial charge in [0, 0.05) is 0 Å². The lowest BCUT2D eigenvalue weighted by molar-refractivity contribution is 0.0952. The van der Waals surface area contributed by atoms with Gasteiger partial charge in [-0.25, -0.2) is 9.82 Å². The van der Waals surface area contributed by atoms with Crippen molar-refractivity contribution in [3.8, 4) is 17.2 Å². The highest BCUT2D eigenvalue weighted by atomic mass is 79.9. The molecule has 0 saturated heterocycles. The van der Waals surface area contributed by atoms with Gasteiger partial charge in [-0.1, -0.05) is 36.4 Å². The Bertz CT molecular complexity index is 1410. The molecule has 0 aliphatic rings. The number of hydrogen-bond donors (Lipinski definition) is 1. The number of carbonyl (C=O) groups excluding carboxylic acids is 1. The molecule has 4 aromatic rings. The molecular formula is C27H22BrFN2O4. The first-order chi connectivity index (χ1) is 17.0. The second-order valence-corrected chi connectivity index (χ2v) is 8.41. The maximum Gasteiger partial charge on any atom is 0.275 e. The number of methoxy groups -OCH3 is 2. The first-order valence-electron chi connectivity index (χ1n) is 10.6. The first kappa shape index (κ1) is 24.2. The molecule has 0 heterocycles. The summed E-state index contributed by atoms with van der Waals surface area (Å²) in [5.74, 6) is 0.663. The summed E-state index contributed by atoms with van der Waals surface area (Å²) in [5.41, 5.74) is 4.27. The van der Waals surface area contributed by atoms with Gasteiger partial charge in [-0.2, -0.15) is 5.10 Å². The maximum atomic E-state index is 13.4. The van der Waals surface area contributed by atoms with Crippen LogP contribution in [-0.4, -0.2) is 26.3 Å². The largest absolute Gasteiger partial charge is 0.496 e. The molecule has 0 fully saturated rings. The van der Waals surface area contributed by atoms with E-state index in [1.165, 1.54) is 32.6 Å². The molecule has 0 bridgehead atoms. The number of nitrogens with zero attached hydrogens (tertiary/aromatic N) is 1. The van der Waals surface area contributed by atoms with Gasteiger partial charge in [0.2, 0.25) is 0 Å². The van der Waals surface area contributed by atoms with Crippen molar-refractivity contribution >= 4 is 38.8 Å². The van der Waals surface area contributed by atoms with Crippen molar-refractivity contribution in [3.63, 3.8) is 0 Å². The molecule has 1 N–H and O–H groups in total. The molecule has 0 unspecified atom stereocenters. The summed E-state index contributed by atoms with van der Waals surface area (Å²) >= 11 is 3.48. The van der Waals surface area contributed by atoms with Crippen LogP contribution in [0.5, 0.6) is 17.2 Å². The number of nitrogens with one attached hydrogen (secondary N) is 1. The Labute approximate surface area is 210 Å². The van der Waals surface area contributed by atoms with Crippen LogP contribution in [0.3, 0.4) is 0 Å². The van der Waals surface area contributed by atoms with E-state index in [9.17, 15) is 9.18 Å². The van der Waals surface area contributed by atoms with Crippen LogP contribution in [0, 0.1) is 5.82 Å². The van der Waals surface area contributed by atoms with Crippen molar-refractivity contribution in [3.05, 3.63) is 99.8 Å². The Kier molecular flexibility index (Phi) is 7.62.